The second-order valence-electron chi connectivity index (χ2n) is 19.4. The monoisotopic (exact) mass is 822 g/mol. The van der Waals surface area contributed by atoms with Gasteiger partial charge in [0.1, 0.15) is 17.8 Å². The van der Waals surface area contributed by atoms with Crippen LogP contribution in [0.4, 0.5) is 0 Å². The van der Waals surface area contributed by atoms with Gasteiger partial charge in [-0.1, -0.05) is 79.3 Å². The lowest BCUT2D eigenvalue weighted by Crippen LogP contribution is -2.40. The Labute approximate surface area is 354 Å². The van der Waals surface area contributed by atoms with Crippen LogP contribution in [0.3, 0.4) is 0 Å². The van der Waals surface area contributed by atoms with Crippen molar-refractivity contribution >= 4 is 54.4 Å². The molecule has 0 aliphatic heterocycles. The summed E-state index contributed by atoms with van der Waals surface area (Å²) in [5.41, 5.74) is 14.3. The summed E-state index contributed by atoms with van der Waals surface area (Å²) < 4.78 is 7.87. The number of fused-ring (bicyclic) bond motifs is 4. The quantitative estimate of drug-likeness (QED) is 0.0975. The molecule has 0 atom stereocenters. The topological polar surface area (TPSA) is 140 Å². The molecule has 0 saturated carbocycles. The van der Waals surface area contributed by atoms with Gasteiger partial charge >= 0.3 is 0 Å². The zero-order chi connectivity index (χ0) is 43.1. The highest BCUT2D eigenvalue weighted by molar-refractivity contribution is 6.76. The van der Waals surface area contributed by atoms with Crippen molar-refractivity contribution in [3.05, 3.63) is 106 Å². The van der Waals surface area contributed by atoms with Crippen LogP contribution < -0.4 is 10.6 Å². The molecule has 3 N–H and O–H groups in total. The van der Waals surface area contributed by atoms with Crippen LogP contribution in [0.1, 0.15) is 98.4 Å². The number of carbonyl (C=O) groups excluding carboxylic acids is 2. The van der Waals surface area contributed by atoms with Crippen LogP contribution >= 0.6 is 0 Å². The number of amides is 2. The second-order valence-corrected chi connectivity index (χ2v) is 25.1. The number of allylic oxidation sites excluding steroid dienone is 2. The number of rotatable bonds is 9. The number of H-pyrrole nitrogens is 1. The van der Waals surface area contributed by atoms with Crippen molar-refractivity contribution in [1.29, 1.82) is 0 Å². The third-order valence-electron chi connectivity index (χ3n) is 10.3. The summed E-state index contributed by atoms with van der Waals surface area (Å²) in [6, 6.07) is 13.6. The molecule has 0 bridgehead atoms. The molecule has 60 heavy (non-hydrogen) atoms. The fourth-order valence-electron chi connectivity index (χ4n) is 7.54. The standard InChI is InChI=1S/C27H36N4O2Si.C21H22N4O/c1-18-13-19-9-8-10-20(21(19)14-18)23-15-28-25-24(29-23)22(26(32)30-27(2,3)4)16-31(25)17-33-11-12-34(5,6)7;1-12-8-13-6-5-7-14(15(13)9-12)17-11-23-19-18(24-17)16(10-22-19)20(26)25-21(2,3)4/h8-10,13,15-16H,11-12,14,17H2,1-7H3,(H,30,32);5-8,10-11H,9H2,1-4H3,(H,22,23)(H,25,26). The lowest BCUT2D eigenvalue weighted by atomic mass is 10.00. The van der Waals surface area contributed by atoms with E-state index in [4.69, 9.17) is 19.7 Å². The Hall–Kier alpha value is -5.72. The first-order valence-electron chi connectivity index (χ1n) is 20.7. The van der Waals surface area contributed by atoms with Crippen LogP contribution in [-0.2, 0) is 24.3 Å². The first kappa shape index (κ1) is 42.4. The highest BCUT2D eigenvalue weighted by Gasteiger charge is 2.25. The van der Waals surface area contributed by atoms with Gasteiger partial charge in [-0.05, 0) is 96.5 Å². The van der Waals surface area contributed by atoms with Crippen molar-refractivity contribution in [2.45, 2.75) is 112 Å². The largest absolute Gasteiger partial charge is 0.361 e. The zero-order valence-electron chi connectivity index (χ0n) is 36.9. The third kappa shape index (κ3) is 9.66. The third-order valence-corrected chi connectivity index (χ3v) is 12.0. The van der Waals surface area contributed by atoms with E-state index >= 15 is 0 Å². The van der Waals surface area contributed by atoms with Gasteiger partial charge in [0.2, 0.25) is 0 Å². The molecule has 0 fully saturated rings. The van der Waals surface area contributed by atoms with Gasteiger partial charge in [0.15, 0.2) is 11.3 Å². The number of carbonyl (C=O) groups is 2. The predicted molar refractivity (Wildman–Crippen MR) is 246 cm³/mol. The highest BCUT2D eigenvalue weighted by Crippen LogP contribution is 2.35. The molecule has 0 radical (unpaired) electrons. The van der Waals surface area contributed by atoms with Crippen molar-refractivity contribution in [2.24, 2.45) is 0 Å². The zero-order valence-corrected chi connectivity index (χ0v) is 37.9. The van der Waals surface area contributed by atoms with E-state index in [-0.39, 0.29) is 22.9 Å². The Morgan fingerprint density at radius 1 is 0.767 bits per heavy atom. The number of hydrogen-bond donors (Lipinski definition) is 3. The fourth-order valence-corrected chi connectivity index (χ4v) is 8.30. The number of hydrogen-bond acceptors (Lipinski definition) is 7. The Balaban J connectivity index is 0.000000188. The number of ether oxygens (including phenoxy) is 1. The van der Waals surface area contributed by atoms with Gasteiger partial charge in [-0.25, -0.2) is 19.9 Å². The molecule has 0 saturated heterocycles. The summed E-state index contributed by atoms with van der Waals surface area (Å²) in [7, 11) is -1.18. The van der Waals surface area contributed by atoms with Crippen molar-refractivity contribution in [3.8, 4) is 22.5 Å². The second kappa shape index (κ2) is 16.4. The molecule has 8 rings (SSSR count). The molecular formula is C48H58N8O3Si. The van der Waals surface area contributed by atoms with Crippen molar-refractivity contribution in [2.75, 3.05) is 6.61 Å². The normalized spacial score (nSPS) is 13.7. The molecule has 12 heteroatoms. The van der Waals surface area contributed by atoms with Gasteiger partial charge in [0.05, 0.1) is 34.9 Å². The van der Waals surface area contributed by atoms with E-state index in [2.05, 4.69) is 96.6 Å². The smallest absolute Gasteiger partial charge is 0.255 e. The molecule has 6 aromatic rings. The summed E-state index contributed by atoms with van der Waals surface area (Å²) in [6.45, 7) is 24.1. The minimum atomic E-state index is -1.18. The van der Waals surface area contributed by atoms with Crippen LogP contribution in [-0.4, -0.2) is 67.1 Å². The van der Waals surface area contributed by atoms with Gasteiger partial charge in [-0.2, -0.15) is 0 Å². The minimum absolute atomic E-state index is 0.147. The van der Waals surface area contributed by atoms with E-state index in [1.54, 1.807) is 12.4 Å². The Kier molecular flexibility index (Phi) is 11.6. The highest BCUT2D eigenvalue weighted by atomic mass is 28.3. The fraction of sp³-hybridized carbons (Fsp3) is 0.375. The molecule has 4 aromatic heterocycles. The average molecular weight is 823 g/mol. The van der Waals surface area contributed by atoms with Crippen LogP contribution in [0.5, 0.6) is 0 Å². The van der Waals surface area contributed by atoms with E-state index < -0.39 is 8.07 Å². The van der Waals surface area contributed by atoms with Gasteiger partial charge < -0.3 is 24.9 Å². The SMILES string of the molecule is CC1=Cc2cccc(-c3cnc4[nH]cc(C(=O)NC(C)(C)C)c4n3)c2C1.CC1=Cc2cccc(-c3cnc4c(n3)c(C(=O)NC(C)(C)C)cn4COCC[Si](C)(C)C)c2C1. The molecule has 2 amide bonds. The van der Waals surface area contributed by atoms with E-state index in [1.165, 1.54) is 33.4 Å². The van der Waals surface area contributed by atoms with Gasteiger partial charge in [0, 0.05) is 49.3 Å². The number of nitrogens with one attached hydrogen (secondary N) is 3. The molecular weight excluding hydrogens is 765 g/mol. The maximum absolute atomic E-state index is 13.2. The summed E-state index contributed by atoms with van der Waals surface area (Å²) in [5.74, 6) is -0.299. The summed E-state index contributed by atoms with van der Waals surface area (Å²) in [5, 5.41) is 6.06. The average Bonchev–Trinajstić information content (AvgIpc) is 3.93. The van der Waals surface area contributed by atoms with Crippen molar-refractivity contribution in [3.63, 3.8) is 0 Å². The molecule has 4 heterocycles. The number of nitrogens with zero attached hydrogens (tertiary/aromatic N) is 5. The molecule has 2 aromatic carbocycles. The molecule has 2 aliphatic carbocycles. The summed E-state index contributed by atoms with van der Waals surface area (Å²) >= 11 is 0. The van der Waals surface area contributed by atoms with Crippen molar-refractivity contribution < 1.29 is 14.3 Å². The molecule has 11 nitrogen and oxygen atoms in total. The van der Waals surface area contributed by atoms with Crippen LogP contribution in [0.15, 0.2) is 72.3 Å². The predicted octanol–water partition coefficient (Wildman–Crippen LogP) is 10.0. The first-order valence-corrected chi connectivity index (χ1v) is 24.5. The minimum Gasteiger partial charge on any atom is -0.361 e. The van der Waals surface area contributed by atoms with Crippen LogP contribution in [0.25, 0.3) is 57.0 Å². The van der Waals surface area contributed by atoms with Crippen molar-refractivity contribution in [1.82, 2.24) is 40.1 Å². The van der Waals surface area contributed by atoms with E-state index in [9.17, 15) is 9.59 Å². The van der Waals surface area contributed by atoms with E-state index in [0.29, 0.717) is 46.8 Å². The number of aromatic nitrogens is 6. The maximum Gasteiger partial charge on any atom is 0.255 e. The Morgan fingerprint density at radius 3 is 1.85 bits per heavy atom. The molecule has 0 unspecified atom stereocenters. The Bertz CT molecular complexity index is 2680. The number of aromatic amines is 1. The lowest BCUT2D eigenvalue weighted by Gasteiger charge is -2.20. The van der Waals surface area contributed by atoms with E-state index in [1.807, 2.05) is 64.6 Å². The number of benzene rings is 2. The van der Waals surface area contributed by atoms with Gasteiger partial charge in [-0.15, -0.1) is 0 Å². The summed E-state index contributed by atoms with van der Waals surface area (Å²) in [4.78, 5) is 47.8. The molecule has 0 spiro atoms. The lowest BCUT2D eigenvalue weighted by molar-refractivity contribution is 0.0884. The van der Waals surface area contributed by atoms with Gasteiger partial charge in [0.25, 0.3) is 11.8 Å². The van der Waals surface area contributed by atoms with Crippen LogP contribution in [0.2, 0.25) is 25.7 Å². The summed E-state index contributed by atoms with van der Waals surface area (Å²) in [6.07, 6.45) is 13.4. The maximum atomic E-state index is 13.2. The van der Waals surface area contributed by atoms with Gasteiger partial charge in [-0.3, -0.25) is 9.59 Å². The first-order chi connectivity index (χ1) is 28.2. The van der Waals surface area contributed by atoms with Crippen LogP contribution in [0, 0.1) is 0 Å². The molecule has 2 aliphatic rings. The molecule has 312 valence electrons. The Morgan fingerprint density at radius 2 is 1.30 bits per heavy atom. The van der Waals surface area contributed by atoms with E-state index in [0.717, 1.165) is 41.4 Å².